The summed E-state index contributed by atoms with van der Waals surface area (Å²) in [5.74, 6) is 1.25. The second-order valence-electron chi connectivity index (χ2n) is 7.45. The van der Waals surface area contributed by atoms with Crippen molar-refractivity contribution in [2.75, 3.05) is 33.3 Å². The molecule has 2 aromatic rings. The summed E-state index contributed by atoms with van der Waals surface area (Å²) in [4.78, 5) is 14.9. The SMILES string of the molecule is COc1ccc2c(c1)OC1(CCCN(CCc3ccccc3)C1)CNC2=O. The third-order valence-electron chi connectivity index (χ3n) is 5.51. The molecule has 5 heteroatoms. The molecule has 0 aliphatic carbocycles. The molecule has 1 atom stereocenters. The van der Waals surface area contributed by atoms with E-state index in [0.717, 1.165) is 38.9 Å². The summed E-state index contributed by atoms with van der Waals surface area (Å²) in [7, 11) is 1.63. The van der Waals surface area contributed by atoms with Gasteiger partial charge in [0.1, 0.15) is 17.1 Å². The molecule has 2 aliphatic rings. The molecule has 142 valence electrons. The summed E-state index contributed by atoms with van der Waals surface area (Å²) >= 11 is 0. The van der Waals surface area contributed by atoms with Gasteiger partial charge in [-0.05, 0) is 43.5 Å². The molecule has 2 aromatic carbocycles. The first kappa shape index (κ1) is 17.9. The highest BCUT2D eigenvalue weighted by Gasteiger charge is 2.40. The average molecular weight is 366 g/mol. The van der Waals surface area contributed by atoms with Crippen LogP contribution in [0.25, 0.3) is 0 Å². The molecule has 1 unspecified atom stereocenters. The zero-order chi connectivity index (χ0) is 18.7. The van der Waals surface area contributed by atoms with Gasteiger partial charge in [0, 0.05) is 19.2 Å². The highest BCUT2D eigenvalue weighted by Crippen LogP contribution is 2.34. The maximum atomic E-state index is 12.5. The van der Waals surface area contributed by atoms with Gasteiger partial charge in [0.05, 0.1) is 19.2 Å². The van der Waals surface area contributed by atoms with Crippen LogP contribution in [0.4, 0.5) is 0 Å². The number of rotatable bonds is 4. The number of nitrogens with one attached hydrogen (secondary N) is 1. The van der Waals surface area contributed by atoms with Crippen LogP contribution in [0.3, 0.4) is 0 Å². The van der Waals surface area contributed by atoms with E-state index < -0.39 is 0 Å². The van der Waals surface area contributed by atoms with Crippen molar-refractivity contribution < 1.29 is 14.3 Å². The number of ether oxygens (including phenoxy) is 2. The Kier molecular flexibility index (Phi) is 5.03. The number of carbonyl (C=O) groups excluding carboxylic acids is 1. The minimum atomic E-state index is -0.387. The lowest BCUT2D eigenvalue weighted by Gasteiger charge is -2.42. The van der Waals surface area contributed by atoms with Crippen molar-refractivity contribution >= 4 is 5.91 Å². The van der Waals surface area contributed by atoms with Crippen LogP contribution in [0.5, 0.6) is 11.5 Å². The van der Waals surface area contributed by atoms with E-state index in [1.54, 1.807) is 19.2 Å². The standard InChI is InChI=1S/C22H26N2O3/c1-26-18-8-9-19-20(14-18)27-22(15-23-21(19)25)11-5-12-24(16-22)13-10-17-6-3-2-4-7-17/h2-4,6-9,14H,5,10-13,15-16H2,1H3,(H,23,25). The number of carbonyl (C=O) groups is 1. The van der Waals surface area contributed by atoms with E-state index >= 15 is 0 Å². The van der Waals surface area contributed by atoms with Gasteiger partial charge in [0.25, 0.3) is 5.91 Å². The summed E-state index contributed by atoms with van der Waals surface area (Å²) in [6.07, 6.45) is 3.02. The van der Waals surface area contributed by atoms with Crippen molar-refractivity contribution in [3.05, 3.63) is 59.7 Å². The van der Waals surface area contributed by atoms with Gasteiger partial charge in [-0.3, -0.25) is 9.69 Å². The molecule has 1 spiro atoms. The summed E-state index contributed by atoms with van der Waals surface area (Å²) in [6.45, 7) is 3.41. The zero-order valence-electron chi connectivity index (χ0n) is 15.7. The second-order valence-corrected chi connectivity index (χ2v) is 7.45. The minimum absolute atomic E-state index is 0.0778. The molecule has 2 aliphatic heterocycles. The van der Waals surface area contributed by atoms with E-state index in [9.17, 15) is 4.79 Å². The Morgan fingerprint density at radius 3 is 2.89 bits per heavy atom. The highest BCUT2D eigenvalue weighted by molar-refractivity contribution is 5.97. The van der Waals surface area contributed by atoms with Gasteiger partial charge in [-0.25, -0.2) is 0 Å². The number of nitrogens with zero attached hydrogens (tertiary/aromatic N) is 1. The van der Waals surface area contributed by atoms with Gasteiger partial charge in [0.2, 0.25) is 0 Å². The summed E-state index contributed by atoms with van der Waals surface area (Å²) in [5, 5.41) is 3.06. The molecule has 1 saturated heterocycles. The maximum Gasteiger partial charge on any atom is 0.255 e. The quantitative estimate of drug-likeness (QED) is 0.904. The predicted molar refractivity (Wildman–Crippen MR) is 105 cm³/mol. The molecule has 1 amide bonds. The summed E-state index contributed by atoms with van der Waals surface area (Å²) < 4.78 is 11.8. The van der Waals surface area contributed by atoms with Crippen LogP contribution >= 0.6 is 0 Å². The first-order valence-electron chi connectivity index (χ1n) is 9.59. The Hall–Kier alpha value is -2.53. The monoisotopic (exact) mass is 366 g/mol. The number of piperidine rings is 1. The van der Waals surface area contributed by atoms with Gasteiger partial charge >= 0.3 is 0 Å². The van der Waals surface area contributed by atoms with Crippen molar-refractivity contribution in [1.29, 1.82) is 0 Å². The molecule has 27 heavy (non-hydrogen) atoms. The lowest BCUT2D eigenvalue weighted by atomic mass is 9.92. The number of hydrogen-bond donors (Lipinski definition) is 1. The van der Waals surface area contributed by atoms with Crippen molar-refractivity contribution in [2.24, 2.45) is 0 Å². The molecule has 1 fully saturated rings. The van der Waals surface area contributed by atoms with Crippen LogP contribution in [0, 0.1) is 0 Å². The van der Waals surface area contributed by atoms with Crippen LogP contribution in [0.15, 0.2) is 48.5 Å². The van der Waals surface area contributed by atoms with Gasteiger partial charge in [0.15, 0.2) is 0 Å². The first-order chi connectivity index (χ1) is 13.2. The Morgan fingerprint density at radius 2 is 2.07 bits per heavy atom. The predicted octanol–water partition coefficient (Wildman–Crippen LogP) is 2.89. The topological polar surface area (TPSA) is 50.8 Å². The van der Waals surface area contributed by atoms with E-state index in [2.05, 4.69) is 34.5 Å². The van der Waals surface area contributed by atoms with E-state index in [1.165, 1.54) is 5.56 Å². The molecular formula is C22H26N2O3. The molecule has 4 rings (SSSR count). The highest BCUT2D eigenvalue weighted by atomic mass is 16.5. The number of methoxy groups -OCH3 is 1. The summed E-state index contributed by atoms with van der Waals surface area (Å²) in [6, 6.07) is 16.0. The van der Waals surface area contributed by atoms with E-state index in [-0.39, 0.29) is 11.5 Å². The molecule has 2 heterocycles. The second kappa shape index (κ2) is 7.61. The van der Waals surface area contributed by atoms with Crippen molar-refractivity contribution in [3.63, 3.8) is 0 Å². The largest absolute Gasteiger partial charge is 0.497 e. The van der Waals surface area contributed by atoms with Gasteiger partial charge < -0.3 is 14.8 Å². The fourth-order valence-electron chi connectivity index (χ4n) is 4.05. The lowest BCUT2D eigenvalue weighted by Crippen LogP contribution is -2.56. The Morgan fingerprint density at radius 1 is 1.22 bits per heavy atom. The van der Waals surface area contributed by atoms with Crippen molar-refractivity contribution in [2.45, 2.75) is 24.9 Å². The van der Waals surface area contributed by atoms with E-state index in [4.69, 9.17) is 9.47 Å². The van der Waals surface area contributed by atoms with Crippen LogP contribution in [-0.2, 0) is 6.42 Å². The Labute approximate surface area is 160 Å². The smallest absolute Gasteiger partial charge is 0.255 e. The number of hydrogen-bond acceptors (Lipinski definition) is 4. The number of benzene rings is 2. The van der Waals surface area contributed by atoms with Crippen LogP contribution in [0.1, 0.15) is 28.8 Å². The molecule has 5 nitrogen and oxygen atoms in total. The third kappa shape index (κ3) is 3.93. The van der Waals surface area contributed by atoms with E-state index in [0.29, 0.717) is 23.6 Å². The molecular weight excluding hydrogens is 340 g/mol. The molecule has 0 aromatic heterocycles. The Balaban J connectivity index is 1.50. The Bertz CT molecular complexity index is 808. The van der Waals surface area contributed by atoms with Crippen LogP contribution in [-0.4, -0.2) is 49.7 Å². The number of likely N-dealkylation sites (tertiary alicyclic amines) is 1. The van der Waals surface area contributed by atoms with Crippen LogP contribution < -0.4 is 14.8 Å². The molecule has 0 bridgehead atoms. The number of amides is 1. The first-order valence-corrected chi connectivity index (χ1v) is 9.59. The molecule has 0 saturated carbocycles. The third-order valence-corrected chi connectivity index (χ3v) is 5.51. The maximum absolute atomic E-state index is 12.5. The summed E-state index contributed by atoms with van der Waals surface area (Å²) in [5.41, 5.74) is 1.54. The zero-order valence-corrected chi connectivity index (χ0v) is 15.7. The fourth-order valence-corrected chi connectivity index (χ4v) is 4.05. The fraction of sp³-hybridized carbons (Fsp3) is 0.409. The minimum Gasteiger partial charge on any atom is -0.497 e. The van der Waals surface area contributed by atoms with Crippen molar-refractivity contribution in [3.8, 4) is 11.5 Å². The van der Waals surface area contributed by atoms with Gasteiger partial charge in [-0.15, -0.1) is 0 Å². The lowest BCUT2D eigenvalue weighted by molar-refractivity contribution is -0.00390. The average Bonchev–Trinajstić information content (AvgIpc) is 2.83. The van der Waals surface area contributed by atoms with Crippen molar-refractivity contribution in [1.82, 2.24) is 10.2 Å². The molecule has 0 radical (unpaired) electrons. The normalized spacial score (nSPS) is 22.5. The van der Waals surface area contributed by atoms with Gasteiger partial charge in [-0.1, -0.05) is 30.3 Å². The van der Waals surface area contributed by atoms with Crippen LogP contribution in [0.2, 0.25) is 0 Å². The molecule has 1 N–H and O–H groups in total. The van der Waals surface area contributed by atoms with Gasteiger partial charge in [-0.2, -0.15) is 0 Å². The van der Waals surface area contributed by atoms with E-state index in [1.807, 2.05) is 12.1 Å². The number of fused-ring (bicyclic) bond motifs is 1.